The second-order valence-corrected chi connectivity index (χ2v) is 3.37. The predicted molar refractivity (Wildman–Crippen MR) is 53.9 cm³/mol. The van der Waals surface area contributed by atoms with Crippen LogP contribution < -0.4 is 0 Å². The quantitative estimate of drug-likeness (QED) is 0.492. The molecule has 2 heterocycles. The van der Waals surface area contributed by atoms with Gasteiger partial charge in [-0.25, -0.2) is 4.79 Å². The van der Waals surface area contributed by atoms with Crippen LogP contribution in [0.15, 0.2) is 36.5 Å². The third kappa shape index (κ3) is 1.16. The van der Waals surface area contributed by atoms with Crippen LogP contribution in [0.1, 0.15) is 6.92 Å². The molecular formula is C11H13NO2. The summed E-state index contributed by atoms with van der Waals surface area (Å²) in [5.41, 5.74) is 0.970. The van der Waals surface area contributed by atoms with E-state index >= 15 is 0 Å². The first-order chi connectivity index (χ1) is 6.77. The highest BCUT2D eigenvalue weighted by Crippen LogP contribution is 2.29. The van der Waals surface area contributed by atoms with Crippen molar-refractivity contribution in [3.05, 3.63) is 36.5 Å². The van der Waals surface area contributed by atoms with E-state index in [1.54, 1.807) is 11.0 Å². The molecule has 14 heavy (non-hydrogen) atoms. The molecule has 3 nitrogen and oxygen atoms in total. The maximum atomic E-state index is 11.4. The van der Waals surface area contributed by atoms with Crippen molar-refractivity contribution < 1.29 is 9.53 Å². The lowest BCUT2D eigenvalue weighted by Gasteiger charge is -2.16. The second kappa shape index (κ2) is 3.33. The number of rotatable bonds is 2. The van der Waals surface area contributed by atoms with Crippen LogP contribution in [0.3, 0.4) is 0 Å². The fourth-order valence-corrected chi connectivity index (χ4v) is 1.91. The van der Waals surface area contributed by atoms with Crippen molar-refractivity contribution in [1.29, 1.82) is 0 Å². The van der Waals surface area contributed by atoms with Crippen LogP contribution in [0.25, 0.3) is 0 Å². The monoisotopic (exact) mass is 191 g/mol. The summed E-state index contributed by atoms with van der Waals surface area (Å²) in [5, 5.41) is 0. The Bertz CT molecular complexity index is 330. The minimum Gasteiger partial charge on any atom is -0.439 e. The Hall–Kier alpha value is -1.51. The number of ether oxygens (including phenoxy) is 1. The van der Waals surface area contributed by atoms with Crippen LogP contribution in [0, 0.1) is 0 Å². The third-order valence-corrected chi connectivity index (χ3v) is 2.67. The average Bonchev–Trinajstić information content (AvgIpc) is 2.74. The minimum absolute atomic E-state index is 0.0618. The van der Waals surface area contributed by atoms with Crippen LogP contribution in [-0.2, 0) is 4.74 Å². The largest absolute Gasteiger partial charge is 0.439 e. The molecule has 3 heteroatoms. The summed E-state index contributed by atoms with van der Waals surface area (Å²) in [4.78, 5) is 13.1. The molecule has 2 unspecified atom stereocenters. The van der Waals surface area contributed by atoms with E-state index in [2.05, 4.69) is 6.58 Å². The van der Waals surface area contributed by atoms with Crippen molar-refractivity contribution in [2.24, 2.45) is 0 Å². The number of allylic oxidation sites excluding steroid dienone is 1. The van der Waals surface area contributed by atoms with Gasteiger partial charge in [0.2, 0.25) is 0 Å². The maximum Gasteiger partial charge on any atom is 0.411 e. The highest BCUT2D eigenvalue weighted by molar-refractivity contribution is 5.73. The zero-order chi connectivity index (χ0) is 10.1. The summed E-state index contributed by atoms with van der Waals surface area (Å²) in [6.07, 6.45) is 7.28. The first-order valence-corrected chi connectivity index (χ1v) is 4.70. The number of hydrogen-bond acceptors (Lipinski definition) is 2. The molecule has 1 saturated heterocycles. The van der Waals surface area contributed by atoms with E-state index in [1.807, 2.05) is 25.2 Å². The van der Waals surface area contributed by atoms with E-state index in [0.29, 0.717) is 6.54 Å². The predicted octanol–water partition coefficient (Wildman–Crippen LogP) is 1.88. The molecule has 0 N–H and O–H groups in total. The van der Waals surface area contributed by atoms with Crippen molar-refractivity contribution >= 4 is 6.09 Å². The lowest BCUT2D eigenvalue weighted by Crippen LogP contribution is -2.31. The number of hydrogen-bond donors (Lipinski definition) is 0. The molecule has 0 aromatic carbocycles. The fraction of sp³-hybridized carbons (Fsp3) is 0.364. The molecule has 0 aromatic heterocycles. The Labute approximate surface area is 83.3 Å². The Balaban J connectivity index is 2.26. The first kappa shape index (κ1) is 9.06. The molecule has 0 saturated carbocycles. The van der Waals surface area contributed by atoms with Crippen molar-refractivity contribution in [2.45, 2.75) is 19.1 Å². The molecule has 0 radical (unpaired) electrons. The van der Waals surface area contributed by atoms with Crippen molar-refractivity contribution in [3.8, 4) is 0 Å². The number of carbonyl (C=O) groups excluding carboxylic acids is 1. The van der Waals surface area contributed by atoms with Gasteiger partial charge in [0, 0.05) is 6.54 Å². The average molecular weight is 191 g/mol. The van der Waals surface area contributed by atoms with Crippen LogP contribution >= 0.6 is 0 Å². The van der Waals surface area contributed by atoms with Crippen LogP contribution in [0.4, 0.5) is 4.79 Å². The normalized spacial score (nSPS) is 30.5. The highest BCUT2D eigenvalue weighted by atomic mass is 16.6. The van der Waals surface area contributed by atoms with Gasteiger partial charge in [-0.05, 0) is 12.5 Å². The van der Waals surface area contributed by atoms with Gasteiger partial charge in [-0.2, -0.15) is 0 Å². The summed E-state index contributed by atoms with van der Waals surface area (Å²) in [6, 6.07) is 0.0618. The Kier molecular flexibility index (Phi) is 2.15. The van der Waals surface area contributed by atoms with E-state index < -0.39 is 0 Å². The zero-order valence-corrected chi connectivity index (χ0v) is 8.14. The Morgan fingerprint density at radius 2 is 2.57 bits per heavy atom. The summed E-state index contributed by atoms with van der Waals surface area (Å²) in [5.74, 6) is 0. The van der Waals surface area contributed by atoms with Crippen LogP contribution in [0.2, 0.25) is 0 Å². The molecule has 2 aliphatic rings. The van der Waals surface area contributed by atoms with E-state index in [1.165, 1.54) is 0 Å². The second-order valence-electron chi connectivity index (χ2n) is 3.37. The van der Waals surface area contributed by atoms with Gasteiger partial charge in [0.15, 0.2) is 6.10 Å². The minimum atomic E-state index is -0.230. The van der Waals surface area contributed by atoms with E-state index in [9.17, 15) is 4.79 Å². The number of carbonyl (C=O) groups is 1. The number of cyclic esters (lactones) is 1. The van der Waals surface area contributed by atoms with Crippen LogP contribution in [-0.4, -0.2) is 29.7 Å². The molecule has 0 spiro atoms. The summed E-state index contributed by atoms with van der Waals surface area (Å²) >= 11 is 0. The molecule has 1 amide bonds. The Morgan fingerprint density at radius 1 is 1.79 bits per heavy atom. The van der Waals surface area contributed by atoms with Crippen LogP contribution in [0.5, 0.6) is 0 Å². The van der Waals surface area contributed by atoms with Gasteiger partial charge >= 0.3 is 6.09 Å². The molecule has 1 fully saturated rings. The Morgan fingerprint density at radius 3 is 3.21 bits per heavy atom. The molecule has 0 bridgehead atoms. The summed E-state index contributed by atoms with van der Waals surface area (Å²) in [7, 11) is 0. The van der Waals surface area contributed by atoms with Gasteiger partial charge in [0.25, 0.3) is 0 Å². The lowest BCUT2D eigenvalue weighted by atomic mass is 10.0. The SMILES string of the molecule is C=CC(=CC)C1OC(=O)N2CC=CC12. The summed E-state index contributed by atoms with van der Waals surface area (Å²) in [6.45, 7) is 6.30. The standard InChI is InChI=1S/C11H13NO2/c1-3-8(4-2)10-9-6-5-7-12(9)11(13)14-10/h3-6,9-10H,1,7H2,2H3. The lowest BCUT2D eigenvalue weighted by molar-refractivity contribution is 0.144. The van der Waals surface area contributed by atoms with Gasteiger partial charge in [-0.1, -0.05) is 30.9 Å². The van der Waals surface area contributed by atoms with Crippen molar-refractivity contribution in [3.63, 3.8) is 0 Å². The van der Waals surface area contributed by atoms with Crippen molar-refractivity contribution in [2.75, 3.05) is 6.54 Å². The van der Waals surface area contributed by atoms with Gasteiger partial charge in [-0.15, -0.1) is 0 Å². The number of amides is 1. The maximum absolute atomic E-state index is 11.4. The van der Waals surface area contributed by atoms with Crippen molar-refractivity contribution in [1.82, 2.24) is 4.90 Å². The first-order valence-electron chi connectivity index (χ1n) is 4.70. The molecule has 74 valence electrons. The van der Waals surface area contributed by atoms with Gasteiger partial charge in [-0.3, -0.25) is 4.90 Å². The molecule has 0 aliphatic carbocycles. The topological polar surface area (TPSA) is 29.5 Å². The zero-order valence-electron chi connectivity index (χ0n) is 8.14. The van der Waals surface area contributed by atoms with E-state index in [-0.39, 0.29) is 18.2 Å². The number of fused-ring (bicyclic) bond motifs is 1. The highest BCUT2D eigenvalue weighted by Gasteiger charge is 2.42. The fourth-order valence-electron chi connectivity index (χ4n) is 1.91. The van der Waals surface area contributed by atoms with Gasteiger partial charge < -0.3 is 4.74 Å². The summed E-state index contributed by atoms with van der Waals surface area (Å²) < 4.78 is 5.27. The molecular weight excluding hydrogens is 178 g/mol. The number of nitrogens with zero attached hydrogens (tertiary/aromatic N) is 1. The van der Waals surface area contributed by atoms with Gasteiger partial charge in [0.05, 0.1) is 6.04 Å². The third-order valence-electron chi connectivity index (χ3n) is 2.67. The molecule has 0 aromatic rings. The molecule has 2 atom stereocenters. The smallest absolute Gasteiger partial charge is 0.411 e. The molecule has 2 aliphatic heterocycles. The van der Waals surface area contributed by atoms with Gasteiger partial charge in [0.1, 0.15) is 0 Å². The van der Waals surface area contributed by atoms with E-state index in [0.717, 1.165) is 5.57 Å². The molecule has 2 rings (SSSR count). The van der Waals surface area contributed by atoms with E-state index in [4.69, 9.17) is 4.74 Å².